The van der Waals surface area contributed by atoms with Crippen molar-refractivity contribution < 1.29 is 9.53 Å². The van der Waals surface area contributed by atoms with E-state index in [1.54, 1.807) is 0 Å². The highest BCUT2D eigenvalue weighted by Crippen LogP contribution is 2.11. The number of hydrogen-bond acceptors (Lipinski definition) is 4. The van der Waals surface area contributed by atoms with Gasteiger partial charge in [-0.1, -0.05) is 0 Å². The minimum absolute atomic E-state index is 0. The van der Waals surface area contributed by atoms with E-state index in [0.717, 1.165) is 32.8 Å². The number of nitrogens with zero attached hydrogens (tertiary/aromatic N) is 2. The van der Waals surface area contributed by atoms with Crippen LogP contribution in [0.5, 0.6) is 0 Å². The van der Waals surface area contributed by atoms with E-state index in [1.165, 1.54) is 0 Å². The molecule has 2 fully saturated rings. The molecule has 1 amide bonds. The Bertz CT molecular complexity index is 276. The lowest BCUT2D eigenvalue weighted by Crippen LogP contribution is -2.54. The van der Waals surface area contributed by atoms with E-state index in [4.69, 9.17) is 4.74 Å². The van der Waals surface area contributed by atoms with Crippen LogP contribution in [0.2, 0.25) is 0 Å². The zero-order chi connectivity index (χ0) is 12.3. The Hall–Kier alpha value is -0.0700. The maximum Gasteiger partial charge on any atom is 0.224 e. The van der Waals surface area contributed by atoms with Crippen LogP contribution in [-0.4, -0.2) is 74.2 Å². The summed E-state index contributed by atoms with van der Waals surface area (Å²) in [7, 11) is 2.11. The second-order valence-corrected chi connectivity index (χ2v) is 5.13. The van der Waals surface area contributed by atoms with Crippen LogP contribution in [-0.2, 0) is 9.53 Å². The SMILES string of the molecule is CC1CN(C)CCN1C(=O)CC1COCCN1.Cl.Cl. The van der Waals surface area contributed by atoms with Gasteiger partial charge >= 0.3 is 0 Å². The molecule has 0 bridgehead atoms. The predicted molar refractivity (Wildman–Crippen MR) is 80.4 cm³/mol. The van der Waals surface area contributed by atoms with Crippen LogP contribution in [0.3, 0.4) is 0 Å². The van der Waals surface area contributed by atoms with Gasteiger partial charge in [-0.25, -0.2) is 0 Å². The smallest absolute Gasteiger partial charge is 0.224 e. The molecule has 0 aromatic carbocycles. The Balaban J connectivity index is 0.00000162. The van der Waals surface area contributed by atoms with Crippen LogP contribution >= 0.6 is 24.8 Å². The second-order valence-electron chi connectivity index (χ2n) is 5.13. The molecule has 2 aliphatic rings. The quantitative estimate of drug-likeness (QED) is 0.800. The molecule has 0 aliphatic carbocycles. The Labute approximate surface area is 127 Å². The van der Waals surface area contributed by atoms with Crippen molar-refractivity contribution in [1.29, 1.82) is 0 Å². The second kappa shape index (κ2) is 8.97. The van der Waals surface area contributed by atoms with Crippen LogP contribution in [0.15, 0.2) is 0 Å². The number of morpholine rings is 1. The zero-order valence-electron chi connectivity index (χ0n) is 11.6. The Kier molecular flexibility index (Phi) is 8.94. The van der Waals surface area contributed by atoms with E-state index in [9.17, 15) is 4.79 Å². The molecule has 0 saturated carbocycles. The molecule has 5 nitrogen and oxygen atoms in total. The topological polar surface area (TPSA) is 44.8 Å². The number of hydrogen-bond donors (Lipinski definition) is 1. The van der Waals surface area contributed by atoms with Crippen LogP contribution in [0.4, 0.5) is 0 Å². The molecule has 114 valence electrons. The Morgan fingerprint density at radius 3 is 2.68 bits per heavy atom. The molecule has 2 unspecified atom stereocenters. The molecule has 19 heavy (non-hydrogen) atoms. The molecule has 0 radical (unpaired) electrons. The van der Waals surface area contributed by atoms with Gasteiger partial charge in [0.1, 0.15) is 0 Å². The fourth-order valence-electron chi connectivity index (χ4n) is 2.59. The van der Waals surface area contributed by atoms with Crippen molar-refractivity contribution in [3.63, 3.8) is 0 Å². The first-order valence-electron chi connectivity index (χ1n) is 6.46. The van der Waals surface area contributed by atoms with Crippen molar-refractivity contribution in [2.45, 2.75) is 25.4 Å². The summed E-state index contributed by atoms with van der Waals surface area (Å²) in [6, 6.07) is 0.522. The first-order chi connectivity index (χ1) is 8.16. The molecule has 2 saturated heterocycles. The molecule has 0 spiro atoms. The normalized spacial score (nSPS) is 28.2. The standard InChI is InChI=1S/C12H23N3O2.2ClH/c1-10-8-14(2)4-5-15(10)12(16)7-11-9-17-6-3-13-11;;/h10-11,13H,3-9H2,1-2H3;2*1H. The summed E-state index contributed by atoms with van der Waals surface area (Å²) in [6.07, 6.45) is 0.564. The number of halogens is 2. The van der Waals surface area contributed by atoms with E-state index in [-0.39, 0.29) is 36.8 Å². The minimum Gasteiger partial charge on any atom is -0.378 e. The Morgan fingerprint density at radius 2 is 2.11 bits per heavy atom. The fourth-order valence-corrected chi connectivity index (χ4v) is 2.59. The lowest BCUT2D eigenvalue weighted by atomic mass is 10.1. The van der Waals surface area contributed by atoms with Gasteiger partial charge in [-0.3, -0.25) is 4.79 Å². The van der Waals surface area contributed by atoms with Crippen LogP contribution < -0.4 is 5.32 Å². The molecule has 2 rings (SSSR count). The third-order valence-electron chi connectivity index (χ3n) is 3.57. The number of piperazine rings is 1. The largest absolute Gasteiger partial charge is 0.378 e. The molecular weight excluding hydrogens is 289 g/mol. The molecule has 2 aliphatic heterocycles. The highest BCUT2D eigenvalue weighted by Gasteiger charge is 2.27. The highest BCUT2D eigenvalue weighted by atomic mass is 35.5. The van der Waals surface area contributed by atoms with Crippen LogP contribution in [0.1, 0.15) is 13.3 Å². The zero-order valence-corrected chi connectivity index (χ0v) is 13.3. The van der Waals surface area contributed by atoms with Crippen LogP contribution in [0.25, 0.3) is 0 Å². The van der Waals surface area contributed by atoms with Gasteiger partial charge in [-0.15, -0.1) is 24.8 Å². The van der Waals surface area contributed by atoms with Crippen molar-refractivity contribution in [1.82, 2.24) is 15.1 Å². The maximum atomic E-state index is 12.2. The number of rotatable bonds is 2. The van der Waals surface area contributed by atoms with Gasteiger partial charge in [0.2, 0.25) is 5.91 Å². The van der Waals surface area contributed by atoms with E-state index in [0.29, 0.717) is 19.1 Å². The predicted octanol–water partition coefficient (Wildman–Crippen LogP) is 0.371. The summed E-state index contributed by atoms with van der Waals surface area (Å²) in [4.78, 5) is 16.5. The number of carbonyl (C=O) groups excluding carboxylic acids is 1. The summed E-state index contributed by atoms with van der Waals surface area (Å²) in [5.41, 5.74) is 0. The van der Waals surface area contributed by atoms with Gasteiger partial charge in [-0.05, 0) is 14.0 Å². The third kappa shape index (κ3) is 5.44. The molecule has 7 heteroatoms. The molecule has 1 N–H and O–H groups in total. The third-order valence-corrected chi connectivity index (χ3v) is 3.57. The lowest BCUT2D eigenvalue weighted by molar-refractivity contribution is -0.136. The molecule has 2 atom stereocenters. The van der Waals surface area contributed by atoms with Crippen molar-refractivity contribution in [2.24, 2.45) is 0 Å². The van der Waals surface area contributed by atoms with Crippen molar-refractivity contribution in [3.05, 3.63) is 0 Å². The molecular formula is C12H25Cl2N3O2. The summed E-state index contributed by atoms with van der Waals surface area (Å²) < 4.78 is 5.37. The first-order valence-corrected chi connectivity index (χ1v) is 6.46. The van der Waals surface area contributed by atoms with E-state index < -0.39 is 0 Å². The van der Waals surface area contributed by atoms with Gasteiger partial charge in [0, 0.05) is 44.7 Å². The van der Waals surface area contributed by atoms with Gasteiger partial charge < -0.3 is 19.9 Å². The number of ether oxygens (including phenoxy) is 1. The maximum absolute atomic E-state index is 12.2. The summed E-state index contributed by atoms with van der Waals surface area (Å²) in [5, 5.41) is 3.33. The summed E-state index contributed by atoms with van der Waals surface area (Å²) >= 11 is 0. The summed E-state index contributed by atoms with van der Waals surface area (Å²) in [5.74, 6) is 0.258. The van der Waals surface area contributed by atoms with Crippen molar-refractivity contribution in [2.75, 3.05) is 46.4 Å². The number of amides is 1. The minimum atomic E-state index is 0. The summed E-state index contributed by atoms with van der Waals surface area (Å²) in [6.45, 7) is 7.20. The van der Waals surface area contributed by atoms with Crippen molar-refractivity contribution >= 4 is 30.7 Å². The van der Waals surface area contributed by atoms with Gasteiger partial charge in [-0.2, -0.15) is 0 Å². The first kappa shape index (κ1) is 18.9. The number of carbonyl (C=O) groups is 1. The number of nitrogens with one attached hydrogen (secondary N) is 1. The molecule has 0 aromatic rings. The molecule has 2 heterocycles. The average molecular weight is 314 g/mol. The monoisotopic (exact) mass is 313 g/mol. The van der Waals surface area contributed by atoms with E-state index >= 15 is 0 Å². The number of likely N-dealkylation sites (N-methyl/N-ethyl adjacent to an activating group) is 1. The van der Waals surface area contributed by atoms with E-state index in [1.807, 2.05) is 4.90 Å². The van der Waals surface area contributed by atoms with Crippen LogP contribution in [0, 0.1) is 0 Å². The van der Waals surface area contributed by atoms with E-state index in [2.05, 4.69) is 24.2 Å². The lowest BCUT2D eigenvalue weighted by Gasteiger charge is -2.39. The fraction of sp³-hybridized carbons (Fsp3) is 0.917. The average Bonchev–Trinajstić information content (AvgIpc) is 2.30. The van der Waals surface area contributed by atoms with Crippen molar-refractivity contribution in [3.8, 4) is 0 Å². The van der Waals surface area contributed by atoms with Gasteiger partial charge in [0.05, 0.1) is 13.2 Å². The molecule has 0 aromatic heterocycles. The van der Waals surface area contributed by atoms with Gasteiger partial charge in [0.25, 0.3) is 0 Å². The highest BCUT2D eigenvalue weighted by molar-refractivity contribution is 5.85. The Morgan fingerprint density at radius 1 is 1.37 bits per heavy atom. The van der Waals surface area contributed by atoms with Gasteiger partial charge in [0.15, 0.2) is 0 Å².